The van der Waals surface area contributed by atoms with E-state index >= 15 is 0 Å². The summed E-state index contributed by atoms with van der Waals surface area (Å²) in [7, 11) is 0. The Kier molecular flexibility index (Phi) is 5.89. The van der Waals surface area contributed by atoms with Crippen molar-refractivity contribution in [3.8, 4) is 0 Å². The van der Waals surface area contributed by atoms with Crippen molar-refractivity contribution in [1.82, 2.24) is 15.5 Å². The third-order valence-corrected chi connectivity index (χ3v) is 7.26. The Labute approximate surface area is 205 Å². The third kappa shape index (κ3) is 3.99. The summed E-state index contributed by atoms with van der Waals surface area (Å²) < 4.78 is 0. The number of carbonyl (C=O) groups excluding carboxylic acids is 3. The van der Waals surface area contributed by atoms with Crippen LogP contribution in [0.4, 0.5) is 4.79 Å². The zero-order valence-electron chi connectivity index (χ0n) is 20.0. The summed E-state index contributed by atoms with van der Waals surface area (Å²) in [6.45, 7) is 3.65. The highest BCUT2D eigenvalue weighted by Crippen LogP contribution is 2.37. The fraction of sp³-hybridized carbons (Fsp3) is 0.276. The van der Waals surface area contributed by atoms with Crippen molar-refractivity contribution >= 4 is 17.8 Å². The second-order valence-corrected chi connectivity index (χ2v) is 9.45. The van der Waals surface area contributed by atoms with Crippen LogP contribution in [-0.4, -0.2) is 29.3 Å². The molecule has 1 saturated heterocycles. The zero-order valence-corrected chi connectivity index (χ0v) is 20.0. The van der Waals surface area contributed by atoms with E-state index in [1.807, 2.05) is 80.6 Å². The van der Waals surface area contributed by atoms with E-state index in [0.717, 1.165) is 40.9 Å². The number of fused-ring (bicyclic) bond motifs is 1. The lowest BCUT2D eigenvalue weighted by Crippen LogP contribution is -2.46. The quantitative estimate of drug-likeness (QED) is 0.550. The van der Waals surface area contributed by atoms with E-state index in [0.29, 0.717) is 11.1 Å². The Balaban J connectivity index is 1.44. The van der Waals surface area contributed by atoms with Crippen molar-refractivity contribution < 1.29 is 14.4 Å². The number of benzene rings is 3. The lowest BCUT2D eigenvalue weighted by Gasteiger charge is -2.29. The average Bonchev–Trinajstić information content (AvgIpc) is 3.12. The van der Waals surface area contributed by atoms with Crippen molar-refractivity contribution in [3.63, 3.8) is 0 Å². The molecule has 2 atom stereocenters. The minimum Gasteiger partial charge on any atom is -0.348 e. The number of urea groups is 1. The van der Waals surface area contributed by atoms with Crippen LogP contribution in [0.15, 0.2) is 72.8 Å². The molecule has 6 nitrogen and oxygen atoms in total. The van der Waals surface area contributed by atoms with Gasteiger partial charge in [0.15, 0.2) is 5.54 Å². The molecule has 5 rings (SSSR count). The van der Waals surface area contributed by atoms with E-state index in [4.69, 9.17) is 0 Å². The Bertz CT molecular complexity index is 1300. The van der Waals surface area contributed by atoms with E-state index in [9.17, 15) is 14.4 Å². The average molecular weight is 468 g/mol. The molecule has 3 aromatic carbocycles. The Morgan fingerprint density at radius 3 is 2.49 bits per heavy atom. The van der Waals surface area contributed by atoms with Crippen molar-refractivity contribution in [2.45, 2.75) is 44.7 Å². The lowest BCUT2D eigenvalue weighted by molar-refractivity contribution is -0.134. The van der Waals surface area contributed by atoms with Gasteiger partial charge in [-0.2, -0.15) is 0 Å². The third-order valence-electron chi connectivity index (χ3n) is 7.26. The first-order valence-electron chi connectivity index (χ1n) is 12.0. The van der Waals surface area contributed by atoms with Crippen LogP contribution in [0.3, 0.4) is 0 Å². The van der Waals surface area contributed by atoms with Crippen molar-refractivity contribution in [3.05, 3.63) is 106 Å². The smallest absolute Gasteiger partial charge is 0.326 e. The maximum absolute atomic E-state index is 13.9. The molecule has 35 heavy (non-hydrogen) atoms. The molecule has 1 heterocycles. The molecule has 6 heteroatoms. The molecular weight excluding hydrogens is 438 g/mol. The van der Waals surface area contributed by atoms with Gasteiger partial charge < -0.3 is 10.6 Å². The summed E-state index contributed by atoms with van der Waals surface area (Å²) >= 11 is 0. The van der Waals surface area contributed by atoms with Gasteiger partial charge in [-0.1, -0.05) is 72.8 Å². The van der Waals surface area contributed by atoms with Crippen LogP contribution in [0.25, 0.3) is 0 Å². The largest absolute Gasteiger partial charge is 0.348 e. The summed E-state index contributed by atoms with van der Waals surface area (Å²) in [6.07, 6.45) is 2.81. The molecule has 0 unspecified atom stereocenters. The first-order chi connectivity index (χ1) is 16.9. The molecular formula is C29H29N3O3. The summed E-state index contributed by atoms with van der Waals surface area (Å²) in [5, 5.41) is 5.98. The Morgan fingerprint density at radius 1 is 0.971 bits per heavy atom. The molecule has 0 aromatic heterocycles. The van der Waals surface area contributed by atoms with E-state index in [2.05, 4.69) is 16.7 Å². The van der Waals surface area contributed by atoms with E-state index in [1.54, 1.807) is 0 Å². The molecule has 3 aromatic rings. The second kappa shape index (κ2) is 9.02. The maximum Gasteiger partial charge on any atom is 0.326 e. The fourth-order valence-corrected chi connectivity index (χ4v) is 5.23. The number of imide groups is 1. The van der Waals surface area contributed by atoms with Gasteiger partial charge in [0.1, 0.15) is 6.54 Å². The molecule has 2 aliphatic rings. The molecule has 0 radical (unpaired) electrons. The van der Waals surface area contributed by atoms with Gasteiger partial charge in [0, 0.05) is 0 Å². The highest BCUT2D eigenvalue weighted by Gasteiger charge is 2.54. The first-order valence-corrected chi connectivity index (χ1v) is 12.0. The number of aryl methyl sites for hydroxylation is 3. The summed E-state index contributed by atoms with van der Waals surface area (Å²) in [6, 6.07) is 22.4. The van der Waals surface area contributed by atoms with E-state index in [-0.39, 0.29) is 18.5 Å². The predicted octanol–water partition coefficient (Wildman–Crippen LogP) is 4.29. The van der Waals surface area contributed by atoms with Crippen LogP contribution >= 0.6 is 0 Å². The second-order valence-electron chi connectivity index (χ2n) is 9.45. The highest BCUT2D eigenvalue weighted by atomic mass is 16.2. The number of hydrogen-bond donors (Lipinski definition) is 2. The minimum absolute atomic E-state index is 0.119. The normalized spacial score (nSPS) is 21.4. The van der Waals surface area contributed by atoms with Crippen LogP contribution in [0.2, 0.25) is 0 Å². The monoisotopic (exact) mass is 467 g/mol. The maximum atomic E-state index is 13.9. The number of rotatable bonds is 5. The topological polar surface area (TPSA) is 78.5 Å². The van der Waals surface area contributed by atoms with Crippen molar-refractivity contribution in [1.29, 1.82) is 0 Å². The molecule has 0 bridgehead atoms. The number of nitrogens with zero attached hydrogens (tertiary/aromatic N) is 1. The summed E-state index contributed by atoms with van der Waals surface area (Å²) in [5.74, 6) is -0.796. The van der Waals surface area contributed by atoms with Gasteiger partial charge >= 0.3 is 6.03 Å². The van der Waals surface area contributed by atoms with Gasteiger partial charge in [-0.05, 0) is 66.5 Å². The van der Waals surface area contributed by atoms with Gasteiger partial charge in [-0.15, -0.1) is 0 Å². The van der Waals surface area contributed by atoms with Crippen LogP contribution in [0.5, 0.6) is 0 Å². The van der Waals surface area contributed by atoms with Crippen LogP contribution in [-0.2, 0) is 21.5 Å². The number of nitrogens with one attached hydrogen (secondary N) is 2. The van der Waals surface area contributed by atoms with Crippen LogP contribution in [0.1, 0.15) is 52.3 Å². The lowest BCUT2D eigenvalue weighted by atomic mass is 9.81. The molecule has 0 spiro atoms. The minimum atomic E-state index is -1.38. The van der Waals surface area contributed by atoms with Gasteiger partial charge in [-0.3, -0.25) is 14.5 Å². The van der Waals surface area contributed by atoms with Crippen molar-refractivity contribution in [2.75, 3.05) is 6.54 Å². The van der Waals surface area contributed by atoms with Crippen LogP contribution in [0, 0.1) is 13.8 Å². The van der Waals surface area contributed by atoms with E-state index < -0.39 is 17.5 Å². The molecule has 1 fully saturated rings. The van der Waals surface area contributed by atoms with Crippen LogP contribution < -0.4 is 10.6 Å². The molecule has 0 saturated carbocycles. The Hall–Kier alpha value is -3.93. The molecule has 4 amide bonds. The molecule has 1 aliphatic heterocycles. The molecule has 1 aliphatic carbocycles. The summed E-state index contributed by atoms with van der Waals surface area (Å²) in [5.41, 5.74) is 4.41. The fourth-order valence-electron chi connectivity index (χ4n) is 5.23. The first kappa shape index (κ1) is 22.8. The molecule has 178 valence electrons. The van der Waals surface area contributed by atoms with Gasteiger partial charge in [0.2, 0.25) is 5.91 Å². The zero-order chi connectivity index (χ0) is 24.6. The predicted molar refractivity (Wildman–Crippen MR) is 134 cm³/mol. The standard InChI is InChI=1S/C29H29N3O3/c1-19-15-16-23(17-20(19)2)29(22-11-4-3-5-12-22)27(34)32(28(35)31-29)18-26(33)30-25-14-8-10-21-9-6-7-13-24(21)25/h3-7,9,11-13,15-17,25H,8,10,14,18H2,1-2H3,(H,30,33)(H,31,35)/t25-,29+/m1/s1. The Morgan fingerprint density at radius 2 is 1.71 bits per heavy atom. The number of amides is 4. The van der Waals surface area contributed by atoms with Gasteiger partial charge in [-0.25, -0.2) is 4.79 Å². The summed E-state index contributed by atoms with van der Waals surface area (Å²) in [4.78, 5) is 41.2. The molecule has 2 N–H and O–H groups in total. The van der Waals surface area contributed by atoms with Crippen molar-refractivity contribution in [2.24, 2.45) is 0 Å². The number of hydrogen-bond acceptors (Lipinski definition) is 3. The van der Waals surface area contributed by atoms with Gasteiger partial charge in [0.05, 0.1) is 6.04 Å². The SMILES string of the molecule is Cc1ccc([C@]2(c3ccccc3)NC(=O)N(CC(=O)N[C@@H]3CCCc4ccccc43)C2=O)cc1C. The van der Waals surface area contributed by atoms with E-state index in [1.165, 1.54) is 5.56 Å². The highest BCUT2D eigenvalue weighted by molar-refractivity contribution is 6.11. The number of carbonyl (C=O) groups is 3. The van der Waals surface area contributed by atoms with Gasteiger partial charge in [0.25, 0.3) is 5.91 Å².